The number of aryl methyl sites for hydroxylation is 2. The highest BCUT2D eigenvalue weighted by Gasteiger charge is 2.13. The van der Waals surface area contributed by atoms with Crippen LogP contribution in [0.1, 0.15) is 22.8 Å². The third kappa shape index (κ3) is 2.75. The molecule has 0 aliphatic carbocycles. The van der Waals surface area contributed by atoms with Gasteiger partial charge in [0.1, 0.15) is 0 Å². The summed E-state index contributed by atoms with van der Waals surface area (Å²) in [6.45, 7) is 2.44. The second-order valence-corrected chi connectivity index (χ2v) is 5.50. The second kappa shape index (κ2) is 6.06. The zero-order valence-electron chi connectivity index (χ0n) is 13.0. The molecule has 0 radical (unpaired) electrons. The second-order valence-electron chi connectivity index (χ2n) is 5.50. The Hall–Kier alpha value is -2.55. The van der Waals surface area contributed by atoms with Crippen molar-refractivity contribution in [2.45, 2.75) is 13.3 Å². The largest absolute Gasteiger partial charge is 0.378 e. The van der Waals surface area contributed by atoms with Crippen LogP contribution in [0.2, 0.25) is 0 Å². The molecule has 0 saturated heterocycles. The van der Waals surface area contributed by atoms with E-state index in [2.05, 4.69) is 24.4 Å². The van der Waals surface area contributed by atoms with E-state index in [1.807, 2.05) is 54.2 Å². The van der Waals surface area contributed by atoms with Gasteiger partial charge in [0.05, 0.1) is 6.54 Å². The summed E-state index contributed by atoms with van der Waals surface area (Å²) in [5.74, 6) is 0.108. The first-order valence-corrected chi connectivity index (χ1v) is 7.59. The molecule has 3 rings (SSSR count). The van der Waals surface area contributed by atoms with E-state index in [4.69, 9.17) is 0 Å². The molecule has 2 aromatic carbocycles. The number of Topliss-reactive ketones (excluding diaryl/α,β-unsaturated/α-hetero) is 1. The maximum absolute atomic E-state index is 12.5. The zero-order valence-corrected chi connectivity index (χ0v) is 13.0. The first-order chi connectivity index (χ1) is 10.7. The van der Waals surface area contributed by atoms with Gasteiger partial charge in [-0.1, -0.05) is 37.3 Å². The van der Waals surface area contributed by atoms with Crippen LogP contribution in [0.15, 0.2) is 54.7 Å². The lowest BCUT2D eigenvalue weighted by molar-refractivity contribution is 0.101. The summed E-state index contributed by atoms with van der Waals surface area (Å²) in [5, 5.41) is 4.22. The minimum atomic E-state index is 0.108. The van der Waals surface area contributed by atoms with Gasteiger partial charge in [-0.3, -0.25) is 4.79 Å². The summed E-state index contributed by atoms with van der Waals surface area (Å²) in [4.78, 5) is 12.5. The van der Waals surface area contributed by atoms with Gasteiger partial charge in [-0.05, 0) is 30.2 Å². The van der Waals surface area contributed by atoms with Gasteiger partial charge < -0.3 is 9.88 Å². The van der Waals surface area contributed by atoms with Crippen molar-refractivity contribution in [2.24, 2.45) is 7.05 Å². The molecule has 112 valence electrons. The van der Waals surface area contributed by atoms with Crippen LogP contribution in [-0.4, -0.2) is 16.9 Å². The minimum Gasteiger partial charge on any atom is -0.378 e. The monoisotopic (exact) mass is 292 g/mol. The Morgan fingerprint density at radius 3 is 2.55 bits per heavy atom. The molecular formula is C19H20N2O. The molecule has 3 heteroatoms. The fraction of sp³-hybridized carbons (Fsp3) is 0.211. The molecule has 0 spiro atoms. The Morgan fingerprint density at radius 1 is 1.09 bits per heavy atom. The number of carbonyl (C=O) groups excluding carboxylic acids is 1. The number of carbonyl (C=O) groups is 1. The normalized spacial score (nSPS) is 10.8. The fourth-order valence-electron chi connectivity index (χ4n) is 2.70. The van der Waals surface area contributed by atoms with Crippen molar-refractivity contribution in [1.82, 2.24) is 4.57 Å². The van der Waals surface area contributed by atoms with E-state index in [1.54, 1.807) is 0 Å². The number of nitrogens with zero attached hydrogens (tertiary/aromatic N) is 1. The Kier molecular flexibility index (Phi) is 3.96. The van der Waals surface area contributed by atoms with E-state index in [-0.39, 0.29) is 5.78 Å². The third-order valence-electron chi connectivity index (χ3n) is 4.01. The van der Waals surface area contributed by atoms with Gasteiger partial charge in [0.2, 0.25) is 0 Å². The van der Waals surface area contributed by atoms with Crippen molar-refractivity contribution in [1.29, 1.82) is 0 Å². The number of hydrogen-bond donors (Lipinski definition) is 1. The Balaban J connectivity index is 1.75. The summed E-state index contributed by atoms with van der Waals surface area (Å²) < 4.78 is 2.00. The standard InChI is InChI=1S/C19H20N2O/c1-3-14-8-10-15(11-9-14)20-12-19(22)17-13-21(2)18-7-5-4-6-16(17)18/h4-11,13,20H,3,12H2,1-2H3. The van der Waals surface area contributed by atoms with Gasteiger partial charge in [0.15, 0.2) is 5.78 Å². The molecule has 0 bridgehead atoms. The maximum Gasteiger partial charge on any atom is 0.184 e. The van der Waals surface area contributed by atoms with Gasteiger partial charge in [-0.25, -0.2) is 0 Å². The number of ketones is 1. The predicted molar refractivity (Wildman–Crippen MR) is 91.6 cm³/mol. The lowest BCUT2D eigenvalue weighted by Gasteiger charge is -2.06. The molecule has 1 N–H and O–H groups in total. The number of rotatable bonds is 5. The van der Waals surface area contributed by atoms with E-state index in [1.165, 1.54) is 5.56 Å². The van der Waals surface area contributed by atoms with Crippen molar-refractivity contribution >= 4 is 22.4 Å². The molecule has 1 heterocycles. The average Bonchev–Trinajstić information content (AvgIpc) is 2.91. The first kappa shape index (κ1) is 14.4. The number of nitrogens with one attached hydrogen (secondary N) is 1. The lowest BCUT2D eigenvalue weighted by Crippen LogP contribution is -2.13. The molecule has 0 aliphatic rings. The average molecular weight is 292 g/mol. The third-order valence-corrected chi connectivity index (χ3v) is 4.01. The van der Waals surface area contributed by atoms with Crippen molar-refractivity contribution in [3.63, 3.8) is 0 Å². The number of anilines is 1. The Labute approximate surface area is 130 Å². The maximum atomic E-state index is 12.5. The highest BCUT2D eigenvalue weighted by Crippen LogP contribution is 2.21. The van der Waals surface area contributed by atoms with Gasteiger partial charge in [-0.2, -0.15) is 0 Å². The van der Waals surface area contributed by atoms with Gasteiger partial charge in [0.25, 0.3) is 0 Å². The lowest BCUT2D eigenvalue weighted by atomic mass is 10.1. The molecule has 3 nitrogen and oxygen atoms in total. The molecule has 1 aromatic heterocycles. The molecule has 0 saturated carbocycles. The number of hydrogen-bond acceptors (Lipinski definition) is 2. The van der Waals surface area contributed by atoms with Crippen LogP contribution in [0.25, 0.3) is 10.9 Å². The summed E-state index contributed by atoms with van der Waals surface area (Å²) in [5.41, 5.74) is 4.13. The quantitative estimate of drug-likeness (QED) is 0.720. The molecule has 0 unspecified atom stereocenters. The molecule has 0 amide bonds. The molecule has 0 fully saturated rings. The zero-order chi connectivity index (χ0) is 15.5. The molecule has 22 heavy (non-hydrogen) atoms. The topological polar surface area (TPSA) is 34.0 Å². The van der Waals surface area contributed by atoms with Crippen molar-refractivity contribution in [3.05, 3.63) is 65.9 Å². The highest BCUT2D eigenvalue weighted by atomic mass is 16.1. The summed E-state index contributed by atoms with van der Waals surface area (Å²) in [6.07, 6.45) is 2.93. The molecule has 0 aliphatic heterocycles. The van der Waals surface area contributed by atoms with E-state index >= 15 is 0 Å². The van der Waals surface area contributed by atoms with Crippen LogP contribution < -0.4 is 5.32 Å². The summed E-state index contributed by atoms with van der Waals surface area (Å²) in [7, 11) is 1.97. The Bertz CT molecular complexity index is 800. The van der Waals surface area contributed by atoms with Gasteiger partial charge in [0, 0.05) is 35.4 Å². The van der Waals surface area contributed by atoms with Crippen molar-refractivity contribution in [3.8, 4) is 0 Å². The number of fused-ring (bicyclic) bond motifs is 1. The predicted octanol–water partition coefficient (Wildman–Crippen LogP) is 4.04. The van der Waals surface area contributed by atoms with Gasteiger partial charge >= 0.3 is 0 Å². The molecular weight excluding hydrogens is 272 g/mol. The van der Waals surface area contributed by atoms with Crippen molar-refractivity contribution in [2.75, 3.05) is 11.9 Å². The minimum absolute atomic E-state index is 0.108. The summed E-state index contributed by atoms with van der Waals surface area (Å²) in [6, 6.07) is 16.2. The van der Waals surface area contributed by atoms with Crippen LogP contribution in [0.5, 0.6) is 0 Å². The van der Waals surface area contributed by atoms with Crippen molar-refractivity contribution < 1.29 is 4.79 Å². The van der Waals surface area contributed by atoms with E-state index in [0.717, 1.165) is 28.6 Å². The molecule has 3 aromatic rings. The summed E-state index contributed by atoms with van der Waals surface area (Å²) >= 11 is 0. The Morgan fingerprint density at radius 2 is 1.82 bits per heavy atom. The number of aromatic nitrogens is 1. The number of benzene rings is 2. The number of para-hydroxylation sites is 1. The van der Waals surface area contributed by atoms with E-state index in [0.29, 0.717) is 6.54 Å². The van der Waals surface area contributed by atoms with Crippen LogP contribution in [0.3, 0.4) is 0 Å². The highest BCUT2D eigenvalue weighted by molar-refractivity contribution is 6.09. The van der Waals surface area contributed by atoms with E-state index in [9.17, 15) is 4.79 Å². The van der Waals surface area contributed by atoms with Gasteiger partial charge in [-0.15, -0.1) is 0 Å². The van der Waals surface area contributed by atoms with Crippen LogP contribution in [0.4, 0.5) is 5.69 Å². The fourth-order valence-corrected chi connectivity index (χ4v) is 2.70. The first-order valence-electron chi connectivity index (χ1n) is 7.59. The van der Waals surface area contributed by atoms with E-state index < -0.39 is 0 Å². The SMILES string of the molecule is CCc1ccc(NCC(=O)c2cn(C)c3ccccc23)cc1. The smallest absolute Gasteiger partial charge is 0.184 e. The van der Waals surface area contributed by atoms with Crippen LogP contribution in [0, 0.1) is 0 Å². The molecule has 0 atom stereocenters. The van der Waals surface area contributed by atoms with Crippen LogP contribution >= 0.6 is 0 Å². The van der Waals surface area contributed by atoms with Crippen LogP contribution in [-0.2, 0) is 13.5 Å².